The van der Waals surface area contributed by atoms with Crippen molar-refractivity contribution in [2.45, 2.75) is 32.7 Å². The van der Waals surface area contributed by atoms with Crippen LogP contribution in [-0.4, -0.2) is 39.8 Å². The number of nitrogens with one attached hydrogen (secondary N) is 2. The molecule has 1 aliphatic heterocycles. The molecule has 0 aromatic carbocycles. The van der Waals surface area contributed by atoms with E-state index in [9.17, 15) is 4.79 Å². The molecule has 0 radical (unpaired) electrons. The molecule has 1 unspecified atom stereocenters. The molecule has 0 saturated carbocycles. The van der Waals surface area contributed by atoms with Crippen LogP contribution in [0.1, 0.15) is 34.7 Å². The van der Waals surface area contributed by atoms with E-state index in [0.717, 1.165) is 37.3 Å². The lowest BCUT2D eigenvalue weighted by Gasteiger charge is -2.23. The molecule has 1 saturated heterocycles. The highest BCUT2D eigenvalue weighted by atomic mass is 35.5. The first-order valence-electron chi connectivity index (χ1n) is 7.76. The molecule has 8 heteroatoms. The second kappa shape index (κ2) is 7.96. The van der Waals surface area contributed by atoms with Crippen molar-refractivity contribution in [1.29, 1.82) is 0 Å². The van der Waals surface area contributed by atoms with Crippen molar-refractivity contribution in [3.05, 3.63) is 40.3 Å². The van der Waals surface area contributed by atoms with E-state index in [4.69, 9.17) is 11.6 Å². The average Bonchev–Trinajstić information content (AvgIpc) is 2.87. The van der Waals surface area contributed by atoms with Crippen LogP contribution in [0.25, 0.3) is 5.82 Å². The first kappa shape index (κ1) is 18.7. The van der Waals surface area contributed by atoms with Gasteiger partial charge in [0.2, 0.25) is 0 Å². The summed E-state index contributed by atoms with van der Waals surface area (Å²) in [5.41, 5.74) is 2.10. The molecule has 3 heterocycles. The molecule has 6 nitrogen and oxygen atoms in total. The van der Waals surface area contributed by atoms with Gasteiger partial charge in [0.05, 0.1) is 10.7 Å². The molecule has 1 aliphatic rings. The predicted molar refractivity (Wildman–Crippen MR) is 96.4 cm³/mol. The highest BCUT2D eigenvalue weighted by Crippen LogP contribution is 2.18. The van der Waals surface area contributed by atoms with Crippen LogP contribution >= 0.6 is 24.0 Å². The molecular formula is C16H21Cl2N5O. The summed E-state index contributed by atoms with van der Waals surface area (Å²) in [7, 11) is 0. The minimum atomic E-state index is -0.243. The van der Waals surface area contributed by atoms with E-state index in [1.54, 1.807) is 16.8 Å². The van der Waals surface area contributed by atoms with Gasteiger partial charge in [-0.05, 0) is 51.4 Å². The van der Waals surface area contributed by atoms with E-state index in [1.807, 2.05) is 19.9 Å². The fraction of sp³-hybridized carbons (Fsp3) is 0.438. The second-order valence-corrected chi connectivity index (χ2v) is 6.26. The van der Waals surface area contributed by atoms with E-state index in [2.05, 4.69) is 20.7 Å². The van der Waals surface area contributed by atoms with Crippen LogP contribution in [0.15, 0.2) is 18.2 Å². The van der Waals surface area contributed by atoms with Crippen molar-refractivity contribution in [2.24, 2.45) is 0 Å². The van der Waals surface area contributed by atoms with Gasteiger partial charge in [-0.15, -0.1) is 12.4 Å². The van der Waals surface area contributed by atoms with Crippen molar-refractivity contribution in [2.75, 3.05) is 13.1 Å². The number of amides is 1. The van der Waals surface area contributed by atoms with Crippen molar-refractivity contribution < 1.29 is 4.79 Å². The van der Waals surface area contributed by atoms with Gasteiger partial charge in [-0.1, -0.05) is 11.6 Å². The summed E-state index contributed by atoms with van der Waals surface area (Å²) < 4.78 is 1.71. The van der Waals surface area contributed by atoms with E-state index >= 15 is 0 Å². The molecule has 1 amide bonds. The van der Waals surface area contributed by atoms with Crippen molar-refractivity contribution in [3.63, 3.8) is 0 Å². The maximum absolute atomic E-state index is 12.5. The van der Waals surface area contributed by atoms with E-state index in [0.29, 0.717) is 10.8 Å². The lowest BCUT2D eigenvalue weighted by Crippen LogP contribution is -2.45. The molecule has 0 aliphatic carbocycles. The van der Waals surface area contributed by atoms with Crippen LogP contribution < -0.4 is 10.6 Å². The third-order valence-electron chi connectivity index (χ3n) is 3.91. The van der Waals surface area contributed by atoms with Crippen LogP contribution in [0.4, 0.5) is 0 Å². The molecule has 0 bridgehead atoms. The Morgan fingerprint density at radius 3 is 2.83 bits per heavy atom. The van der Waals surface area contributed by atoms with E-state index < -0.39 is 0 Å². The molecule has 2 aromatic heterocycles. The number of piperidine rings is 1. The monoisotopic (exact) mass is 369 g/mol. The fourth-order valence-electron chi connectivity index (χ4n) is 2.80. The number of halogens is 2. The Labute approximate surface area is 152 Å². The Morgan fingerprint density at radius 1 is 1.42 bits per heavy atom. The van der Waals surface area contributed by atoms with Gasteiger partial charge in [-0.25, -0.2) is 9.67 Å². The average molecular weight is 370 g/mol. The number of hydrogen-bond acceptors (Lipinski definition) is 4. The summed E-state index contributed by atoms with van der Waals surface area (Å²) in [5, 5.41) is 11.0. The molecule has 1 fully saturated rings. The zero-order chi connectivity index (χ0) is 16.4. The van der Waals surface area contributed by atoms with E-state index in [-0.39, 0.29) is 30.0 Å². The highest BCUT2D eigenvalue weighted by Gasteiger charge is 2.20. The zero-order valence-corrected chi connectivity index (χ0v) is 15.2. The summed E-state index contributed by atoms with van der Waals surface area (Å²) >= 11 is 6.17. The van der Waals surface area contributed by atoms with Crippen LogP contribution in [0.2, 0.25) is 5.02 Å². The second-order valence-electron chi connectivity index (χ2n) is 5.86. The van der Waals surface area contributed by atoms with Gasteiger partial charge >= 0.3 is 0 Å². The van der Waals surface area contributed by atoms with Gasteiger partial charge in [0.25, 0.3) is 5.91 Å². The fourth-order valence-corrected chi connectivity index (χ4v) is 2.99. The minimum Gasteiger partial charge on any atom is -0.347 e. The summed E-state index contributed by atoms with van der Waals surface area (Å²) in [6.07, 6.45) is 2.02. The van der Waals surface area contributed by atoms with Crippen LogP contribution in [0.5, 0.6) is 0 Å². The lowest BCUT2D eigenvalue weighted by molar-refractivity contribution is 0.0925. The Balaban J connectivity index is 0.00000208. The van der Waals surface area contributed by atoms with Crippen molar-refractivity contribution in [3.8, 4) is 5.82 Å². The molecular weight excluding hydrogens is 349 g/mol. The number of carbonyl (C=O) groups is 1. The molecule has 2 aromatic rings. The molecule has 3 rings (SSSR count). The number of aryl methyl sites for hydroxylation is 2. The quantitative estimate of drug-likeness (QED) is 0.871. The van der Waals surface area contributed by atoms with Gasteiger partial charge in [-0.3, -0.25) is 4.79 Å². The Morgan fingerprint density at radius 2 is 2.21 bits per heavy atom. The van der Waals surface area contributed by atoms with Crippen LogP contribution in [-0.2, 0) is 0 Å². The number of carbonyl (C=O) groups excluding carboxylic acids is 1. The summed E-state index contributed by atoms with van der Waals surface area (Å²) in [4.78, 5) is 16.9. The largest absolute Gasteiger partial charge is 0.347 e. The minimum absolute atomic E-state index is 0. The molecule has 1 atom stereocenters. The first-order valence-corrected chi connectivity index (χ1v) is 8.14. The van der Waals surface area contributed by atoms with Crippen molar-refractivity contribution in [1.82, 2.24) is 25.4 Å². The maximum Gasteiger partial charge on any atom is 0.271 e. The lowest BCUT2D eigenvalue weighted by atomic mass is 10.1. The smallest absolute Gasteiger partial charge is 0.271 e. The summed E-state index contributed by atoms with van der Waals surface area (Å²) in [5.74, 6) is 0.346. The Bertz CT molecular complexity index is 725. The van der Waals surface area contributed by atoms with Gasteiger partial charge in [0, 0.05) is 18.3 Å². The standard InChI is InChI=1S/C16H20ClN5O.ClH/c1-10-8-11(2)22(21-10)14-6-5-13(17)15(20-14)16(23)19-12-4-3-7-18-9-12;/h5-6,8,12,18H,3-4,7,9H2,1-2H3,(H,19,23);1H. The third-order valence-corrected chi connectivity index (χ3v) is 4.21. The molecule has 0 spiro atoms. The molecule has 2 N–H and O–H groups in total. The van der Waals surface area contributed by atoms with E-state index in [1.165, 1.54) is 0 Å². The van der Waals surface area contributed by atoms with Gasteiger partial charge in [-0.2, -0.15) is 5.10 Å². The molecule has 130 valence electrons. The maximum atomic E-state index is 12.5. The van der Waals surface area contributed by atoms with Crippen molar-refractivity contribution >= 4 is 29.9 Å². The summed E-state index contributed by atoms with van der Waals surface area (Å²) in [6, 6.07) is 5.53. The predicted octanol–water partition coefficient (Wildman–Crippen LogP) is 2.44. The Kier molecular flexibility index (Phi) is 6.21. The zero-order valence-electron chi connectivity index (χ0n) is 13.7. The topological polar surface area (TPSA) is 71.8 Å². The van der Waals surface area contributed by atoms with Crippen LogP contribution in [0, 0.1) is 13.8 Å². The number of pyridine rings is 1. The number of aromatic nitrogens is 3. The number of rotatable bonds is 3. The van der Waals surface area contributed by atoms with Gasteiger partial charge in [0.15, 0.2) is 5.82 Å². The first-order chi connectivity index (χ1) is 11.0. The summed E-state index contributed by atoms with van der Waals surface area (Å²) in [6.45, 7) is 5.64. The van der Waals surface area contributed by atoms with Gasteiger partial charge in [0.1, 0.15) is 5.69 Å². The SMILES string of the molecule is Cc1cc(C)n(-c2ccc(Cl)c(C(=O)NC3CCCNC3)n2)n1.Cl. The molecule has 24 heavy (non-hydrogen) atoms. The number of nitrogens with zero attached hydrogens (tertiary/aromatic N) is 3. The highest BCUT2D eigenvalue weighted by molar-refractivity contribution is 6.33. The number of hydrogen-bond donors (Lipinski definition) is 2. The van der Waals surface area contributed by atoms with Gasteiger partial charge < -0.3 is 10.6 Å². The normalized spacial score (nSPS) is 17.2. The van der Waals surface area contributed by atoms with Crippen LogP contribution in [0.3, 0.4) is 0 Å². The Hall–Kier alpha value is -1.63. The third kappa shape index (κ3) is 4.06.